The summed E-state index contributed by atoms with van der Waals surface area (Å²) in [6.45, 7) is 3.70. The standard InChI is InChI=1S/C17H23N5O/c18-12-14-4-3-7-19-17(14)22-10-8-21(9-11-22)13-16(23)20-15-5-1-2-6-15/h3-4,7,15H,1-2,5-6,8-11,13H2,(H,20,23). The van der Waals surface area contributed by atoms with Crippen molar-refractivity contribution in [1.29, 1.82) is 5.26 Å². The maximum absolute atomic E-state index is 12.1. The number of rotatable bonds is 4. The zero-order valence-electron chi connectivity index (χ0n) is 13.4. The molecule has 1 saturated carbocycles. The smallest absolute Gasteiger partial charge is 0.234 e. The molecule has 6 heteroatoms. The molecule has 0 radical (unpaired) electrons. The van der Waals surface area contributed by atoms with E-state index in [0.717, 1.165) is 44.8 Å². The van der Waals surface area contributed by atoms with Gasteiger partial charge >= 0.3 is 0 Å². The Labute approximate surface area is 137 Å². The first kappa shape index (κ1) is 15.8. The summed E-state index contributed by atoms with van der Waals surface area (Å²) in [7, 11) is 0. The average molecular weight is 313 g/mol. The van der Waals surface area contributed by atoms with Gasteiger partial charge in [0.25, 0.3) is 0 Å². The van der Waals surface area contributed by atoms with E-state index < -0.39 is 0 Å². The number of pyridine rings is 1. The predicted octanol–water partition coefficient (Wildman–Crippen LogP) is 1.13. The van der Waals surface area contributed by atoms with E-state index in [2.05, 4.69) is 26.2 Å². The Kier molecular flexibility index (Phi) is 5.09. The molecule has 1 saturated heterocycles. The van der Waals surface area contributed by atoms with E-state index >= 15 is 0 Å². The summed E-state index contributed by atoms with van der Waals surface area (Å²) in [4.78, 5) is 20.7. The van der Waals surface area contributed by atoms with Gasteiger partial charge in [-0.15, -0.1) is 0 Å². The van der Waals surface area contributed by atoms with E-state index in [1.165, 1.54) is 12.8 Å². The van der Waals surface area contributed by atoms with Crippen molar-refractivity contribution < 1.29 is 4.79 Å². The highest BCUT2D eigenvalue weighted by molar-refractivity contribution is 5.78. The summed E-state index contributed by atoms with van der Waals surface area (Å²) >= 11 is 0. The molecule has 1 N–H and O–H groups in total. The molecule has 23 heavy (non-hydrogen) atoms. The minimum Gasteiger partial charge on any atom is -0.353 e. The second-order valence-corrected chi connectivity index (χ2v) is 6.30. The van der Waals surface area contributed by atoms with E-state index in [-0.39, 0.29) is 5.91 Å². The lowest BCUT2D eigenvalue weighted by Crippen LogP contribution is -2.50. The molecule has 6 nitrogen and oxygen atoms in total. The van der Waals surface area contributed by atoms with Crippen LogP contribution in [0.3, 0.4) is 0 Å². The number of nitrogens with zero attached hydrogens (tertiary/aromatic N) is 4. The predicted molar refractivity (Wildman–Crippen MR) is 88.0 cm³/mol. The van der Waals surface area contributed by atoms with Gasteiger partial charge in [0.1, 0.15) is 11.9 Å². The highest BCUT2D eigenvalue weighted by Gasteiger charge is 2.23. The van der Waals surface area contributed by atoms with Gasteiger partial charge in [0, 0.05) is 38.4 Å². The first-order valence-electron chi connectivity index (χ1n) is 8.38. The Morgan fingerprint density at radius 1 is 1.30 bits per heavy atom. The summed E-state index contributed by atoms with van der Waals surface area (Å²) in [5.74, 6) is 0.894. The Morgan fingerprint density at radius 3 is 2.74 bits per heavy atom. The fourth-order valence-corrected chi connectivity index (χ4v) is 3.40. The normalized spacial score (nSPS) is 19.5. The molecule has 3 rings (SSSR count). The molecule has 0 aromatic carbocycles. The molecule has 2 heterocycles. The monoisotopic (exact) mass is 313 g/mol. The lowest BCUT2D eigenvalue weighted by atomic mass is 10.2. The number of anilines is 1. The Balaban J connectivity index is 1.48. The number of hydrogen-bond donors (Lipinski definition) is 1. The number of nitriles is 1. The molecular weight excluding hydrogens is 290 g/mol. The minimum absolute atomic E-state index is 0.140. The van der Waals surface area contributed by atoms with Crippen LogP contribution in [0.25, 0.3) is 0 Å². The molecule has 122 valence electrons. The quantitative estimate of drug-likeness (QED) is 0.902. The van der Waals surface area contributed by atoms with Gasteiger partial charge in [0.05, 0.1) is 12.1 Å². The molecule has 2 aliphatic rings. The average Bonchev–Trinajstić information content (AvgIpc) is 3.08. The summed E-state index contributed by atoms with van der Waals surface area (Å²) in [5.41, 5.74) is 0.611. The van der Waals surface area contributed by atoms with Crippen LogP contribution in [0.1, 0.15) is 31.2 Å². The number of hydrogen-bond acceptors (Lipinski definition) is 5. The molecule has 1 aliphatic heterocycles. The van der Waals surface area contributed by atoms with Gasteiger partial charge in [-0.1, -0.05) is 12.8 Å². The molecule has 1 amide bonds. The van der Waals surface area contributed by atoms with Gasteiger partial charge in [-0.3, -0.25) is 9.69 Å². The van der Waals surface area contributed by atoms with Gasteiger partial charge in [0.2, 0.25) is 5.91 Å². The van der Waals surface area contributed by atoms with Crippen molar-refractivity contribution in [2.45, 2.75) is 31.7 Å². The second kappa shape index (κ2) is 7.42. The molecule has 0 bridgehead atoms. The van der Waals surface area contributed by atoms with Crippen LogP contribution >= 0.6 is 0 Å². The maximum Gasteiger partial charge on any atom is 0.234 e. The number of amides is 1. The lowest BCUT2D eigenvalue weighted by Gasteiger charge is -2.35. The second-order valence-electron chi connectivity index (χ2n) is 6.30. The SMILES string of the molecule is N#Cc1cccnc1N1CCN(CC(=O)NC2CCCC2)CC1. The molecule has 1 aromatic rings. The highest BCUT2D eigenvalue weighted by atomic mass is 16.2. The van der Waals surface area contributed by atoms with Crippen LogP contribution in [0.4, 0.5) is 5.82 Å². The van der Waals surface area contributed by atoms with Gasteiger partial charge in [-0.2, -0.15) is 5.26 Å². The molecule has 0 unspecified atom stereocenters. The van der Waals surface area contributed by atoms with Crippen molar-refractivity contribution in [2.75, 3.05) is 37.6 Å². The van der Waals surface area contributed by atoms with Crippen LogP contribution in [0.5, 0.6) is 0 Å². The highest BCUT2D eigenvalue weighted by Crippen LogP contribution is 2.19. The van der Waals surface area contributed by atoms with Gasteiger partial charge < -0.3 is 10.2 Å². The molecule has 0 atom stereocenters. The summed E-state index contributed by atoms with van der Waals surface area (Å²) < 4.78 is 0. The molecule has 1 aromatic heterocycles. The van der Waals surface area contributed by atoms with Crippen molar-refractivity contribution in [3.8, 4) is 6.07 Å². The molecule has 1 aliphatic carbocycles. The largest absolute Gasteiger partial charge is 0.353 e. The van der Waals surface area contributed by atoms with Crippen molar-refractivity contribution in [3.05, 3.63) is 23.9 Å². The van der Waals surface area contributed by atoms with Crippen LogP contribution in [-0.2, 0) is 4.79 Å². The van der Waals surface area contributed by atoms with E-state index in [0.29, 0.717) is 18.2 Å². The first-order chi connectivity index (χ1) is 11.3. The Morgan fingerprint density at radius 2 is 2.04 bits per heavy atom. The minimum atomic E-state index is 0.140. The van der Waals surface area contributed by atoms with E-state index in [1.807, 2.05) is 0 Å². The summed E-state index contributed by atoms with van der Waals surface area (Å²) in [6.07, 6.45) is 6.42. The number of carbonyl (C=O) groups is 1. The van der Waals surface area contributed by atoms with E-state index in [4.69, 9.17) is 0 Å². The van der Waals surface area contributed by atoms with Crippen LogP contribution in [0.2, 0.25) is 0 Å². The van der Waals surface area contributed by atoms with Crippen molar-refractivity contribution in [2.24, 2.45) is 0 Å². The van der Waals surface area contributed by atoms with Crippen LogP contribution in [0, 0.1) is 11.3 Å². The van der Waals surface area contributed by atoms with Gasteiger partial charge in [-0.05, 0) is 25.0 Å². The third-order valence-corrected chi connectivity index (χ3v) is 4.67. The summed E-state index contributed by atoms with van der Waals surface area (Å²) in [6, 6.07) is 6.16. The maximum atomic E-state index is 12.1. The Hall–Kier alpha value is -2.13. The zero-order valence-corrected chi connectivity index (χ0v) is 13.4. The lowest BCUT2D eigenvalue weighted by molar-refractivity contribution is -0.123. The van der Waals surface area contributed by atoms with Crippen LogP contribution < -0.4 is 10.2 Å². The van der Waals surface area contributed by atoms with Crippen LogP contribution in [0.15, 0.2) is 18.3 Å². The third-order valence-electron chi connectivity index (χ3n) is 4.67. The fourth-order valence-electron chi connectivity index (χ4n) is 3.40. The molecule has 2 fully saturated rings. The number of aromatic nitrogens is 1. The van der Waals surface area contributed by atoms with Gasteiger partial charge in [-0.25, -0.2) is 4.98 Å². The van der Waals surface area contributed by atoms with Gasteiger partial charge in [0.15, 0.2) is 0 Å². The zero-order chi connectivity index (χ0) is 16.1. The Bertz CT molecular complexity index is 583. The third kappa shape index (κ3) is 3.99. The summed E-state index contributed by atoms with van der Waals surface area (Å²) in [5, 5.41) is 12.3. The van der Waals surface area contributed by atoms with Crippen molar-refractivity contribution in [1.82, 2.24) is 15.2 Å². The molecule has 0 spiro atoms. The van der Waals surface area contributed by atoms with Crippen LogP contribution in [-0.4, -0.2) is 54.6 Å². The number of nitrogens with one attached hydrogen (secondary N) is 1. The van der Waals surface area contributed by atoms with Crippen molar-refractivity contribution in [3.63, 3.8) is 0 Å². The molecular formula is C17H23N5O. The fraction of sp³-hybridized carbons (Fsp3) is 0.588. The van der Waals surface area contributed by atoms with Crippen molar-refractivity contribution >= 4 is 11.7 Å². The first-order valence-corrected chi connectivity index (χ1v) is 8.38. The number of piperazine rings is 1. The topological polar surface area (TPSA) is 72.3 Å². The van der Waals surface area contributed by atoms with E-state index in [1.54, 1.807) is 18.3 Å². The van der Waals surface area contributed by atoms with E-state index in [9.17, 15) is 10.1 Å². The number of carbonyl (C=O) groups excluding carboxylic acids is 1.